The predicted octanol–water partition coefficient (Wildman–Crippen LogP) is 3.87. The van der Waals surface area contributed by atoms with E-state index >= 15 is 0 Å². The molecule has 0 aromatic heterocycles. The van der Waals surface area contributed by atoms with Gasteiger partial charge >= 0.3 is 5.97 Å². The zero-order valence-corrected chi connectivity index (χ0v) is 17.3. The lowest BCUT2D eigenvalue weighted by molar-refractivity contribution is -0.137. The number of Topliss-reactive ketones (excluding diaryl/α,β-unsaturated/α-hetero) is 1. The van der Waals surface area contributed by atoms with E-state index in [2.05, 4.69) is 18.8 Å². The first-order valence-corrected chi connectivity index (χ1v) is 10.6. The highest BCUT2D eigenvalue weighted by molar-refractivity contribution is 5.84. The third-order valence-corrected chi connectivity index (χ3v) is 5.50. The van der Waals surface area contributed by atoms with Crippen LogP contribution in [0.2, 0.25) is 0 Å². The number of carboxylic acid groups (broad SMARTS) is 1. The van der Waals surface area contributed by atoms with Gasteiger partial charge in [-0.3, -0.25) is 9.59 Å². The molecule has 1 aliphatic carbocycles. The number of carbonyl (C=O) groups excluding carboxylic acids is 1. The molecular weight excluding hydrogens is 356 g/mol. The monoisotopic (exact) mass is 392 g/mol. The molecule has 1 fully saturated rings. The molecule has 0 aromatic rings. The standard InChI is InChI=1S/C23H36O5/c1-3-5-15-23(28,14-4-2)16-10-12-19-18(20(24)17-21(19)25)11-8-6-7-9-13-22(26)27/h10,12,18-19,21,25,28H,3,5-9,11,13,15-17H2,1-2H3,(H,26,27)/t18-,19-,21-,23?/m1/s1. The second-order valence-corrected chi connectivity index (χ2v) is 7.91. The maximum atomic E-state index is 12.3. The summed E-state index contributed by atoms with van der Waals surface area (Å²) in [7, 11) is 0. The molecule has 0 aliphatic heterocycles. The topological polar surface area (TPSA) is 94.8 Å². The van der Waals surface area contributed by atoms with Gasteiger partial charge in [-0.15, -0.1) is 5.92 Å². The fourth-order valence-electron chi connectivity index (χ4n) is 3.92. The average molecular weight is 393 g/mol. The molecule has 28 heavy (non-hydrogen) atoms. The summed E-state index contributed by atoms with van der Waals surface area (Å²) in [5.41, 5.74) is -1.05. The van der Waals surface area contributed by atoms with Crippen molar-refractivity contribution in [2.24, 2.45) is 11.8 Å². The molecule has 0 saturated heterocycles. The van der Waals surface area contributed by atoms with E-state index in [0.29, 0.717) is 25.7 Å². The number of carboxylic acids is 1. The summed E-state index contributed by atoms with van der Waals surface area (Å²) in [6.07, 6.45) is 10.3. The molecule has 0 radical (unpaired) electrons. The van der Waals surface area contributed by atoms with Crippen molar-refractivity contribution in [2.45, 2.75) is 96.2 Å². The maximum Gasteiger partial charge on any atom is 0.303 e. The third-order valence-electron chi connectivity index (χ3n) is 5.50. The Bertz CT molecular complexity index is 586. The fourth-order valence-corrected chi connectivity index (χ4v) is 3.92. The summed E-state index contributed by atoms with van der Waals surface area (Å²) in [5.74, 6) is 4.62. The quantitative estimate of drug-likeness (QED) is 0.251. The Morgan fingerprint density at radius 1 is 1.25 bits per heavy atom. The second kappa shape index (κ2) is 12.7. The molecule has 1 aliphatic rings. The molecule has 0 spiro atoms. The van der Waals surface area contributed by atoms with Crippen LogP contribution in [0.3, 0.4) is 0 Å². The normalized spacial score (nSPS) is 24.1. The molecule has 3 N–H and O–H groups in total. The molecule has 158 valence electrons. The van der Waals surface area contributed by atoms with Crippen LogP contribution in [0.5, 0.6) is 0 Å². The molecular formula is C23H36O5. The van der Waals surface area contributed by atoms with E-state index in [4.69, 9.17) is 5.11 Å². The smallest absolute Gasteiger partial charge is 0.303 e. The van der Waals surface area contributed by atoms with Crippen molar-refractivity contribution >= 4 is 11.8 Å². The van der Waals surface area contributed by atoms with Crippen molar-refractivity contribution in [1.29, 1.82) is 0 Å². The lowest BCUT2D eigenvalue weighted by Gasteiger charge is -2.21. The molecule has 5 heteroatoms. The van der Waals surface area contributed by atoms with Crippen LogP contribution >= 0.6 is 0 Å². The number of aliphatic hydroxyl groups excluding tert-OH is 1. The number of hydrogen-bond donors (Lipinski definition) is 3. The van der Waals surface area contributed by atoms with Gasteiger partial charge in [-0.1, -0.05) is 50.7 Å². The van der Waals surface area contributed by atoms with Gasteiger partial charge in [-0.25, -0.2) is 0 Å². The molecule has 1 rings (SSSR count). The van der Waals surface area contributed by atoms with E-state index in [1.165, 1.54) is 0 Å². The summed E-state index contributed by atoms with van der Waals surface area (Å²) in [6, 6.07) is 0. The summed E-state index contributed by atoms with van der Waals surface area (Å²) in [4.78, 5) is 22.8. The Kier molecular flexibility index (Phi) is 11.1. The van der Waals surface area contributed by atoms with Crippen molar-refractivity contribution in [1.82, 2.24) is 0 Å². The Balaban J connectivity index is 2.57. The van der Waals surface area contributed by atoms with Crippen LogP contribution in [0.25, 0.3) is 0 Å². The van der Waals surface area contributed by atoms with Gasteiger partial charge in [0.25, 0.3) is 0 Å². The Morgan fingerprint density at radius 3 is 2.61 bits per heavy atom. The highest BCUT2D eigenvalue weighted by atomic mass is 16.4. The Hall–Kier alpha value is -1.64. The van der Waals surface area contributed by atoms with Crippen molar-refractivity contribution in [3.63, 3.8) is 0 Å². The SMILES string of the molecule is CC#CC(O)(CC=C[C@H]1[C@H](O)CC(=O)[C@@H]1CCCCCCC(=O)O)CCCC. The van der Waals surface area contributed by atoms with E-state index in [1.807, 2.05) is 12.2 Å². The first kappa shape index (κ1) is 24.4. The van der Waals surface area contributed by atoms with Crippen molar-refractivity contribution in [3.05, 3.63) is 12.2 Å². The molecule has 0 aromatic carbocycles. The van der Waals surface area contributed by atoms with Gasteiger partial charge in [0.15, 0.2) is 0 Å². The first-order chi connectivity index (χ1) is 13.3. The number of ketones is 1. The predicted molar refractivity (Wildman–Crippen MR) is 110 cm³/mol. The third kappa shape index (κ3) is 8.58. The van der Waals surface area contributed by atoms with Gasteiger partial charge in [0, 0.05) is 31.1 Å². The first-order valence-electron chi connectivity index (χ1n) is 10.6. The number of aliphatic carboxylic acids is 1. The van der Waals surface area contributed by atoms with Gasteiger partial charge in [-0.2, -0.15) is 0 Å². The van der Waals surface area contributed by atoms with Crippen LogP contribution in [-0.2, 0) is 9.59 Å². The lowest BCUT2D eigenvalue weighted by atomic mass is 9.87. The molecule has 1 unspecified atom stereocenters. The minimum absolute atomic E-state index is 0.0993. The maximum absolute atomic E-state index is 12.3. The zero-order valence-electron chi connectivity index (χ0n) is 17.3. The largest absolute Gasteiger partial charge is 0.481 e. The minimum atomic E-state index is -1.05. The van der Waals surface area contributed by atoms with E-state index < -0.39 is 17.7 Å². The number of carbonyl (C=O) groups is 2. The minimum Gasteiger partial charge on any atom is -0.481 e. The van der Waals surface area contributed by atoms with Gasteiger partial charge in [0.2, 0.25) is 0 Å². The van der Waals surface area contributed by atoms with Gasteiger partial charge in [0.05, 0.1) is 6.10 Å². The number of hydrogen-bond acceptors (Lipinski definition) is 4. The van der Waals surface area contributed by atoms with E-state index in [-0.39, 0.29) is 30.5 Å². The van der Waals surface area contributed by atoms with Crippen molar-refractivity contribution < 1.29 is 24.9 Å². The van der Waals surface area contributed by atoms with E-state index in [0.717, 1.165) is 32.1 Å². The molecule has 5 nitrogen and oxygen atoms in total. The van der Waals surface area contributed by atoms with Gasteiger partial charge in [-0.05, 0) is 32.6 Å². The Morgan fingerprint density at radius 2 is 1.96 bits per heavy atom. The molecule has 0 bridgehead atoms. The van der Waals surface area contributed by atoms with Crippen molar-refractivity contribution in [2.75, 3.05) is 0 Å². The second-order valence-electron chi connectivity index (χ2n) is 7.91. The number of aliphatic hydroxyl groups is 2. The Labute approximate surface area is 169 Å². The van der Waals surface area contributed by atoms with Gasteiger partial charge in [0.1, 0.15) is 11.4 Å². The van der Waals surface area contributed by atoms with Crippen LogP contribution in [-0.4, -0.2) is 38.8 Å². The van der Waals surface area contributed by atoms with Gasteiger partial charge < -0.3 is 15.3 Å². The van der Waals surface area contributed by atoms with Crippen LogP contribution in [0.15, 0.2) is 12.2 Å². The van der Waals surface area contributed by atoms with Crippen LogP contribution in [0, 0.1) is 23.7 Å². The van der Waals surface area contributed by atoms with Crippen LogP contribution in [0.1, 0.15) is 84.5 Å². The van der Waals surface area contributed by atoms with E-state index in [1.54, 1.807) is 6.92 Å². The summed E-state index contributed by atoms with van der Waals surface area (Å²) >= 11 is 0. The molecule has 0 amide bonds. The van der Waals surface area contributed by atoms with Crippen LogP contribution in [0.4, 0.5) is 0 Å². The average Bonchev–Trinajstić information content (AvgIpc) is 2.89. The summed E-state index contributed by atoms with van der Waals surface area (Å²) in [5, 5.41) is 29.6. The van der Waals surface area contributed by atoms with Crippen LogP contribution < -0.4 is 0 Å². The fraction of sp³-hybridized carbons (Fsp3) is 0.739. The zero-order chi connectivity index (χ0) is 21.0. The molecule has 0 heterocycles. The summed E-state index contributed by atoms with van der Waals surface area (Å²) in [6.45, 7) is 3.79. The number of rotatable bonds is 13. The molecule has 1 saturated carbocycles. The lowest BCUT2D eigenvalue weighted by Crippen LogP contribution is -2.26. The highest BCUT2D eigenvalue weighted by Crippen LogP contribution is 2.34. The molecule has 4 atom stereocenters. The van der Waals surface area contributed by atoms with E-state index in [9.17, 15) is 19.8 Å². The van der Waals surface area contributed by atoms with Crippen molar-refractivity contribution in [3.8, 4) is 11.8 Å². The number of unbranched alkanes of at least 4 members (excludes halogenated alkanes) is 4. The highest BCUT2D eigenvalue weighted by Gasteiger charge is 2.39. The summed E-state index contributed by atoms with van der Waals surface area (Å²) < 4.78 is 0.